The average molecular weight is 318 g/mol. The largest absolute Gasteiger partial charge is 0.378 e. The molecule has 1 aromatic heterocycles. The SMILES string of the molecule is O=C(c1ccc(Nc2ccc(Cl)cc2)cn1)N1CCOCC1. The average Bonchev–Trinajstić information content (AvgIpc) is 2.58. The summed E-state index contributed by atoms with van der Waals surface area (Å²) in [6.07, 6.45) is 1.66. The smallest absolute Gasteiger partial charge is 0.272 e. The lowest BCUT2D eigenvalue weighted by Gasteiger charge is -2.26. The van der Waals surface area contributed by atoms with Gasteiger partial charge in [-0.05, 0) is 36.4 Å². The third-order valence-corrected chi connectivity index (χ3v) is 3.67. The van der Waals surface area contributed by atoms with Crippen LogP contribution in [0.1, 0.15) is 10.5 Å². The summed E-state index contributed by atoms with van der Waals surface area (Å²) in [5, 5.41) is 3.90. The number of aromatic nitrogens is 1. The van der Waals surface area contributed by atoms with Gasteiger partial charge in [0.25, 0.3) is 5.91 Å². The van der Waals surface area contributed by atoms with E-state index in [0.717, 1.165) is 11.4 Å². The summed E-state index contributed by atoms with van der Waals surface area (Å²) >= 11 is 5.85. The lowest BCUT2D eigenvalue weighted by Crippen LogP contribution is -2.41. The van der Waals surface area contributed by atoms with E-state index >= 15 is 0 Å². The van der Waals surface area contributed by atoms with E-state index in [-0.39, 0.29) is 5.91 Å². The zero-order chi connectivity index (χ0) is 15.4. The van der Waals surface area contributed by atoms with Gasteiger partial charge in [-0.3, -0.25) is 4.79 Å². The normalized spacial score (nSPS) is 14.7. The maximum absolute atomic E-state index is 12.3. The van der Waals surface area contributed by atoms with Gasteiger partial charge in [0.05, 0.1) is 25.1 Å². The highest BCUT2D eigenvalue weighted by atomic mass is 35.5. The number of hydrogen-bond donors (Lipinski definition) is 1. The number of anilines is 2. The first-order valence-electron chi connectivity index (χ1n) is 7.08. The second kappa shape index (κ2) is 6.77. The van der Waals surface area contributed by atoms with Crippen LogP contribution in [0, 0.1) is 0 Å². The minimum Gasteiger partial charge on any atom is -0.378 e. The highest BCUT2D eigenvalue weighted by molar-refractivity contribution is 6.30. The van der Waals surface area contributed by atoms with E-state index in [9.17, 15) is 4.79 Å². The lowest BCUT2D eigenvalue weighted by molar-refractivity contribution is 0.0299. The first-order valence-corrected chi connectivity index (χ1v) is 7.46. The Kier molecular flexibility index (Phi) is 4.56. The van der Waals surface area contributed by atoms with Crippen molar-refractivity contribution in [3.8, 4) is 0 Å². The van der Waals surface area contributed by atoms with E-state index < -0.39 is 0 Å². The van der Waals surface area contributed by atoms with Crippen molar-refractivity contribution < 1.29 is 9.53 Å². The van der Waals surface area contributed by atoms with Gasteiger partial charge >= 0.3 is 0 Å². The molecule has 1 aliphatic rings. The van der Waals surface area contributed by atoms with E-state index in [0.29, 0.717) is 37.0 Å². The summed E-state index contributed by atoms with van der Waals surface area (Å²) in [4.78, 5) is 18.3. The Labute approximate surface area is 133 Å². The summed E-state index contributed by atoms with van der Waals surface area (Å²) in [5.41, 5.74) is 2.18. The van der Waals surface area contributed by atoms with E-state index in [1.54, 1.807) is 17.2 Å². The van der Waals surface area contributed by atoms with Gasteiger partial charge in [0.1, 0.15) is 5.69 Å². The van der Waals surface area contributed by atoms with Crippen molar-refractivity contribution in [2.45, 2.75) is 0 Å². The summed E-state index contributed by atoms with van der Waals surface area (Å²) < 4.78 is 5.25. The van der Waals surface area contributed by atoms with Gasteiger partial charge in [0.2, 0.25) is 0 Å². The fourth-order valence-electron chi connectivity index (χ4n) is 2.22. The van der Waals surface area contributed by atoms with Gasteiger partial charge in [0, 0.05) is 23.8 Å². The fourth-order valence-corrected chi connectivity index (χ4v) is 2.35. The third-order valence-electron chi connectivity index (χ3n) is 3.41. The molecule has 0 unspecified atom stereocenters. The zero-order valence-corrected chi connectivity index (χ0v) is 12.7. The van der Waals surface area contributed by atoms with Crippen LogP contribution in [-0.4, -0.2) is 42.1 Å². The minimum absolute atomic E-state index is 0.0543. The molecule has 1 aromatic carbocycles. The number of pyridine rings is 1. The number of nitrogens with one attached hydrogen (secondary N) is 1. The molecule has 0 bridgehead atoms. The minimum atomic E-state index is -0.0543. The molecule has 0 aliphatic carbocycles. The van der Waals surface area contributed by atoms with Crippen molar-refractivity contribution in [2.24, 2.45) is 0 Å². The van der Waals surface area contributed by atoms with Crippen LogP contribution in [0.3, 0.4) is 0 Å². The van der Waals surface area contributed by atoms with Gasteiger partial charge in [-0.25, -0.2) is 4.98 Å². The van der Waals surface area contributed by atoms with Crippen LogP contribution in [0.4, 0.5) is 11.4 Å². The van der Waals surface area contributed by atoms with Crippen molar-refractivity contribution in [3.63, 3.8) is 0 Å². The molecule has 3 rings (SSSR count). The van der Waals surface area contributed by atoms with E-state index in [1.165, 1.54) is 0 Å². The standard InChI is InChI=1S/C16H16ClN3O2/c17-12-1-3-13(4-2-12)19-14-5-6-15(18-11-14)16(21)20-7-9-22-10-8-20/h1-6,11,19H,7-10H2. The Bertz CT molecular complexity index is 637. The van der Waals surface area contributed by atoms with E-state index in [2.05, 4.69) is 10.3 Å². The van der Waals surface area contributed by atoms with Crippen LogP contribution >= 0.6 is 11.6 Å². The van der Waals surface area contributed by atoms with Crippen LogP contribution in [0.2, 0.25) is 5.02 Å². The Hall–Kier alpha value is -2.11. The van der Waals surface area contributed by atoms with Gasteiger partial charge in [0.15, 0.2) is 0 Å². The van der Waals surface area contributed by atoms with E-state index in [4.69, 9.17) is 16.3 Å². The molecule has 0 atom stereocenters. The molecule has 22 heavy (non-hydrogen) atoms. The first-order chi connectivity index (χ1) is 10.7. The van der Waals surface area contributed by atoms with Crippen molar-refractivity contribution in [1.82, 2.24) is 9.88 Å². The lowest BCUT2D eigenvalue weighted by atomic mass is 10.2. The molecule has 1 aliphatic heterocycles. The van der Waals surface area contributed by atoms with Crippen molar-refractivity contribution in [1.29, 1.82) is 0 Å². The molecular formula is C16H16ClN3O2. The molecular weight excluding hydrogens is 302 g/mol. The number of rotatable bonds is 3. The Morgan fingerprint density at radius 2 is 1.77 bits per heavy atom. The highest BCUT2D eigenvalue weighted by Gasteiger charge is 2.19. The molecule has 2 heterocycles. The quantitative estimate of drug-likeness (QED) is 0.945. The van der Waals surface area contributed by atoms with Gasteiger partial charge in [-0.2, -0.15) is 0 Å². The number of ether oxygens (including phenoxy) is 1. The van der Waals surface area contributed by atoms with Crippen LogP contribution in [0.15, 0.2) is 42.6 Å². The molecule has 1 saturated heterocycles. The van der Waals surface area contributed by atoms with Crippen LogP contribution in [-0.2, 0) is 4.74 Å². The van der Waals surface area contributed by atoms with Crippen LogP contribution in [0.5, 0.6) is 0 Å². The maximum Gasteiger partial charge on any atom is 0.272 e. The zero-order valence-electron chi connectivity index (χ0n) is 12.0. The predicted octanol–water partition coefficient (Wildman–Crippen LogP) is 2.95. The number of amides is 1. The number of halogens is 1. The predicted molar refractivity (Wildman–Crippen MR) is 85.7 cm³/mol. The molecule has 114 valence electrons. The van der Waals surface area contributed by atoms with Gasteiger partial charge in [-0.15, -0.1) is 0 Å². The maximum atomic E-state index is 12.3. The van der Waals surface area contributed by atoms with Crippen molar-refractivity contribution in [3.05, 3.63) is 53.3 Å². The Balaban J connectivity index is 1.66. The number of carbonyl (C=O) groups is 1. The summed E-state index contributed by atoms with van der Waals surface area (Å²) in [5.74, 6) is -0.0543. The molecule has 0 spiro atoms. The van der Waals surface area contributed by atoms with Crippen molar-refractivity contribution in [2.75, 3.05) is 31.6 Å². The molecule has 5 nitrogen and oxygen atoms in total. The number of morpholine rings is 1. The highest BCUT2D eigenvalue weighted by Crippen LogP contribution is 2.18. The van der Waals surface area contributed by atoms with Gasteiger partial charge < -0.3 is 15.0 Å². The van der Waals surface area contributed by atoms with Crippen LogP contribution < -0.4 is 5.32 Å². The summed E-state index contributed by atoms with van der Waals surface area (Å²) in [6, 6.07) is 11.0. The molecule has 0 radical (unpaired) electrons. The van der Waals surface area contributed by atoms with Crippen LogP contribution in [0.25, 0.3) is 0 Å². The van der Waals surface area contributed by atoms with Gasteiger partial charge in [-0.1, -0.05) is 11.6 Å². The first kappa shape index (κ1) is 14.8. The Morgan fingerprint density at radius 1 is 1.09 bits per heavy atom. The Morgan fingerprint density at radius 3 is 2.41 bits per heavy atom. The molecule has 1 N–H and O–H groups in total. The second-order valence-corrected chi connectivity index (χ2v) is 5.41. The number of carbonyl (C=O) groups excluding carboxylic acids is 1. The number of nitrogens with zero attached hydrogens (tertiary/aromatic N) is 2. The summed E-state index contributed by atoms with van der Waals surface area (Å²) in [6.45, 7) is 2.40. The molecule has 1 fully saturated rings. The molecule has 1 amide bonds. The molecule has 2 aromatic rings. The number of hydrogen-bond acceptors (Lipinski definition) is 4. The van der Waals surface area contributed by atoms with E-state index in [1.807, 2.05) is 30.3 Å². The second-order valence-electron chi connectivity index (χ2n) is 4.97. The number of benzene rings is 1. The molecule has 0 saturated carbocycles. The third kappa shape index (κ3) is 3.55. The summed E-state index contributed by atoms with van der Waals surface area (Å²) in [7, 11) is 0. The molecule has 6 heteroatoms. The monoisotopic (exact) mass is 317 g/mol. The topological polar surface area (TPSA) is 54.5 Å². The fraction of sp³-hybridized carbons (Fsp3) is 0.250. The van der Waals surface area contributed by atoms with Crippen molar-refractivity contribution >= 4 is 28.9 Å².